The summed E-state index contributed by atoms with van der Waals surface area (Å²) in [5.74, 6) is -1.16. The first-order valence-corrected chi connectivity index (χ1v) is 4.75. The van der Waals surface area contributed by atoms with Gasteiger partial charge in [0.25, 0.3) is 5.69 Å². The standard InChI is InChI=1S/C11H13NO4/c1-11(2,3)8-5-4-7(10(13)14)6-9(8)12(15)16/h4-6H,1-3H3,(H,13,14). The largest absolute Gasteiger partial charge is 0.478 e. The van der Waals surface area contributed by atoms with Gasteiger partial charge < -0.3 is 5.11 Å². The minimum atomic E-state index is -1.16. The summed E-state index contributed by atoms with van der Waals surface area (Å²) >= 11 is 0. The Balaban J connectivity index is 3.43. The molecule has 0 amide bonds. The number of nitro groups is 1. The predicted molar refractivity (Wildman–Crippen MR) is 58.8 cm³/mol. The molecule has 0 saturated heterocycles. The minimum absolute atomic E-state index is 0.0697. The molecule has 0 aliphatic rings. The zero-order chi connectivity index (χ0) is 12.5. The van der Waals surface area contributed by atoms with Gasteiger partial charge in [0.2, 0.25) is 0 Å². The fraction of sp³-hybridized carbons (Fsp3) is 0.364. The van der Waals surface area contributed by atoms with Crippen LogP contribution in [0.4, 0.5) is 5.69 Å². The molecule has 0 spiro atoms. The molecule has 0 unspecified atom stereocenters. The van der Waals surface area contributed by atoms with Gasteiger partial charge in [0.1, 0.15) is 0 Å². The lowest BCUT2D eigenvalue weighted by atomic mass is 9.85. The van der Waals surface area contributed by atoms with E-state index in [9.17, 15) is 14.9 Å². The van der Waals surface area contributed by atoms with Crippen LogP contribution in [0.2, 0.25) is 0 Å². The Morgan fingerprint density at radius 2 is 1.94 bits per heavy atom. The highest BCUT2D eigenvalue weighted by Crippen LogP contribution is 2.31. The van der Waals surface area contributed by atoms with Crippen molar-refractivity contribution in [2.75, 3.05) is 0 Å². The van der Waals surface area contributed by atoms with Gasteiger partial charge in [0.15, 0.2) is 0 Å². The Morgan fingerprint density at radius 1 is 1.38 bits per heavy atom. The number of carboxylic acid groups (broad SMARTS) is 1. The molecule has 1 N–H and O–H groups in total. The maximum atomic E-state index is 10.9. The van der Waals surface area contributed by atoms with E-state index in [1.165, 1.54) is 12.1 Å². The molecule has 0 aliphatic carbocycles. The summed E-state index contributed by atoms with van der Waals surface area (Å²) < 4.78 is 0. The lowest BCUT2D eigenvalue weighted by Gasteiger charge is -2.18. The molecule has 1 rings (SSSR count). The molecule has 0 fully saturated rings. The van der Waals surface area contributed by atoms with E-state index in [4.69, 9.17) is 5.11 Å². The van der Waals surface area contributed by atoms with Crippen molar-refractivity contribution in [2.45, 2.75) is 26.2 Å². The third-order valence-electron chi connectivity index (χ3n) is 2.25. The van der Waals surface area contributed by atoms with Gasteiger partial charge in [-0.3, -0.25) is 10.1 Å². The van der Waals surface area contributed by atoms with E-state index < -0.39 is 10.9 Å². The quantitative estimate of drug-likeness (QED) is 0.617. The van der Waals surface area contributed by atoms with Crippen molar-refractivity contribution in [2.24, 2.45) is 0 Å². The molecule has 0 aromatic heterocycles. The smallest absolute Gasteiger partial charge is 0.335 e. The summed E-state index contributed by atoms with van der Waals surface area (Å²) in [5, 5.41) is 19.6. The zero-order valence-electron chi connectivity index (χ0n) is 9.35. The molecule has 0 saturated carbocycles. The highest BCUT2D eigenvalue weighted by molar-refractivity contribution is 5.88. The molecular formula is C11H13NO4. The molecule has 0 atom stereocenters. The Morgan fingerprint density at radius 3 is 2.31 bits per heavy atom. The minimum Gasteiger partial charge on any atom is -0.478 e. The lowest BCUT2D eigenvalue weighted by Crippen LogP contribution is -2.14. The topological polar surface area (TPSA) is 80.4 Å². The molecule has 1 aromatic carbocycles. The van der Waals surface area contributed by atoms with Crippen LogP contribution in [0.3, 0.4) is 0 Å². The number of aromatic carboxylic acids is 1. The Hall–Kier alpha value is -1.91. The van der Waals surface area contributed by atoms with Crippen LogP contribution in [-0.4, -0.2) is 16.0 Å². The molecule has 0 aliphatic heterocycles. The van der Waals surface area contributed by atoms with Crippen molar-refractivity contribution in [1.82, 2.24) is 0 Å². The normalized spacial score (nSPS) is 11.2. The number of rotatable bonds is 2. The highest BCUT2D eigenvalue weighted by atomic mass is 16.6. The van der Waals surface area contributed by atoms with Crippen LogP contribution in [0.25, 0.3) is 0 Å². The first-order valence-electron chi connectivity index (χ1n) is 4.75. The number of hydrogen-bond acceptors (Lipinski definition) is 3. The molecule has 16 heavy (non-hydrogen) atoms. The number of hydrogen-bond donors (Lipinski definition) is 1. The number of nitro benzene ring substituents is 1. The first kappa shape index (κ1) is 12.2. The summed E-state index contributed by atoms with van der Waals surface area (Å²) in [6.45, 7) is 5.53. The zero-order valence-corrected chi connectivity index (χ0v) is 9.35. The second-order valence-electron chi connectivity index (χ2n) is 4.54. The van der Waals surface area contributed by atoms with Gasteiger partial charge in [-0.15, -0.1) is 0 Å². The number of nitrogens with zero attached hydrogens (tertiary/aromatic N) is 1. The molecule has 5 heteroatoms. The van der Waals surface area contributed by atoms with Crippen molar-refractivity contribution >= 4 is 11.7 Å². The molecule has 0 bridgehead atoms. The van der Waals surface area contributed by atoms with Gasteiger partial charge in [0, 0.05) is 11.6 Å². The summed E-state index contributed by atoms with van der Waals surface area (Å²) in [6.07, 6.45) is 0. The van der Waals surface area contributed by atoms with E-state index in [1.807, 2.05) is 20.8 Å². The fourth-order valence-electron chi connectivity index (χ4n) is 1.45. The van der Waals surface area contributed by atoms with E-state index in [0.29, 0.717) is 5.56 Å². The van der Waals surface area contributed by atoms with E-state index in [-0.39, 0.29) is 16.7 Å². The average Bonchev–Trinajstić information content (AvgIpc) is 2.15. The SMILES string of the molecule is CC(C)(C)c1ccc(C(=O)O)cc1[N+](=O)[O-]. The molecule has 5 nitrogen and oxygen atoms in total. The van der Waals surface area contributed by atoms with Crippen LogP contribution in [0.5, 0.6) is 0 Å². The third kappa shape index (κ3) is 2.36. The van der Waals surface area contributed by atoms with Gasteiger partial charge in [0.05, 0.1) is 10.5 Å². The number of carboxylic acids is 1. The maximum Gasteiger partial charge on any atom is 0.335 e. The Kier molecular flexibility index (Phi) is 2.98. The monoisotopic (exact) mass is 223 g/mol. The van der Waals surface area contributed by atoms with Crippen molar-refractivity contribution in [3.05, 3.63) is 39.4 Å². The van der Waals surface area contributed by atoms with Crippen LogP contribution >= 0.6 is 0 Å². The second kappa shape index (κ2) is 3.92. The van der Waals surface area contributed by atoms with Gasteiger partial charge in [-0.25, -0.2) is 4.79 Å². The molecule has 0 radical (unpaired) electrons. The average molecular weight is 223 g/mol. The van der Waals surface area contributed by atoms with Gasteiger partial charge >= 0.3 is 5.97 Å². The van der Waals surface area contributed by atoms with Crippen molar-refractivity contribution < 1.29 is 14.8 Å². The van der Waals surface area contributed by atoms with E-state index in [2.05, 4.69) is 0 Å². The van der Waals surface area contributed by atoms with Gasteiger partial charge in [-0.2, -0.15) is 0 Å². The third-order valence-corrected chi connectivity index (χ3v) is 2.25. The van der Waals surface area contributed by atoms with Crippen molar-refractivity contribution in [1.29, 1.82) is 0 Å². The number of benzene rings is 1. The second-order valence-corrected chi connectivity index (χ2v) is 4.54. The molecule has 86 valence electrons. The van der Waals surface area contributed by atoms with Gasteiger partial charge in [-0.05, 0) is 11.5 Å². The van der Waals surface area contributed by atoms with Gasteiger partial charge in [-0.1, -0.05) is 26.8 Å². The summed E-state index contributed by atoms with van der Waals surface area (Å²) in [4.78, 5) is 21.0. The Bertz CT molecular complexity index is 446. The number of carbonyl (C=O) groups is 1. The van der Waals surface area contributed by atoms with Crippen molar-refractivity contribution in [3.8, 4) is 0 Å². The van der Waals surface area contributed by atoms with Crippen LogP contribution in [0.15, 0.2) is 18.2 Å². The van der Waals surface area contributed by atoms with Crippen LogP contribution in [-0.2, 0) is 5.41 Å². The van der Waals surface area contributed by atoms with E-state index >= 15 is 0 Å². The molecule has 0 heterocycles. The summed E-state index contributed by atoms with van der Waals surface area (Å²) in [6, 6.07) is 3.99. The van der Waals surface area contributed by atoms with E-state index in [1.54, 1.807) is 0 Å². The van der Waals surface area contributed by atoms with Crippen LogP contribution < -0.4 is 0 Å². The highest BCUT2D eigenvalue weighted by Gasteiger charge is 2.25. The molecular weight excluding hydrogens is 210 g/mol. The first-order chi connectivity index (χ1) is 7.23. The lowest BCUT2D eigenvalue weighted by molar-refractivity contribution is -0.386. The van der Waals surface area contributed by atoms with Crippen LogP contribution in [0, 0.1) is 10.1 Å². The fourth-order valence-corrected chi connectivity index (χ4v) is 1.45. The molecule has 1 aromatic rings. The summed E-state index contributed by atoms with van der Waals surface area (Å²) in [5.41, 5.74) is -0.0750. The van der Waals surface area contributed by atoms with Crippen molar-refractivity contribution in [3.63, 3.8) is 0 Å². The van der Waals surface area contributed by atoms with Crippen LogP contribution in [0.1, 0.15) is 36.7 Å². The Labute approximate surface area is 92.9 Å². The maximum absolute atomic E-state index is 10.9. The summed E-state index contributed by atoms with van der Waals surface area (Å²) in [7, 11) is 0. The predicted octanol–water partition coefficient (Wildman–Crippen LogP) is 2.59. The van der Waals surface area contributed by atoms with E-state index in [0.717, 1.165) is 6.07 Å².